The summed E-state index contributed by atoms with van der Waals surface area (Å²) in [6, 6.07) is 25.6. The highest BCUT2D eigenvalue weighted by Crippen LogP contribution is 2.47. The molecule has 1 atom stereocenters. The fourth-order valence-electron chi connectivity index (χ4n) is 3.46. The molecule has 3 aromatic carbocycles. The monoisotopic (exact) mass is 471 g/mol. The predicted octanol–water partition coefficient (Wildman–Crippen LogP) is 5.96. The molecule has 5 nitrogen and oxygen atoms in total. The van der Waals surface area contributed by atoms with Gasteiger partial charge in [0.25, 0.3) is 0 Å². The number of nitrogens with two attached hydrogens (primary N) is 1. The molecule has 164 valence electrons. The van der Waals surface area contributed by atoms with E-state index in [9.17, 15) is 4.79 Å². The average molecular weight is 472 g/mol. The summed E-state index contributed by atoms with van der Waals surface area (Å²) in [5.41, 5.74) is 9.55. The van der Waals surface area contributed by atoms with E-state index in [0.717, 1.165) is 55.4 Å². The van der Waals surface area contributed by atoms with Crippen LogP contribution in [0.25, 0.3) is 11.3 Å². The molecule has 5 rings (SSSR count). The van der Waals surface area contributed by atoms with E-state index in [1.54, 1.807) is 18.7 Å². The van der Waals surface area contributed by atoms with Gasteiger partial charge in [-0.05, 0) is 66.2 Å². The van der Waals surface area contributed by atoms with Crippen LogP contribution in [0.3, 0.4) is 0 Å². The Morgan fingerprint density at radius 1 is 0.970 bits per heavy atom. The van der Waals surface area contributed by atoms with Crippen molar-refractivity contribution in [2.45, 2.75) is 34.2 Å². The number of aromatic nitrogens is 2. The number of nitrogens with zero attached hydrogens (tertiary/aromatic N) is 2. The van der Waals surface area contributed by atoms with Gasteiger partial charge in [0.15, 0.2) is 0 Å². The summed E-state index contributed by atoms with van der Waals surface area (Å²) in [5, 5.41) is 9.32. The summed E-state index contributed by atoms with van der Waals surface area (Å²) in [6.07, 6.45) is 0.647. The minimum Gasteiger partial charge on any atom is -0.455 e. The lowest BCUT2D eigenvalue weighted by Crippen LogP contribution is -2.24. The van der Waals surface area contributed by atoms with E-state index < -0.39 is 6.04 Å². The van der Waals surface area contributed by atoms with Crippen LogP contribution in [-0.2, 0) is 11.2 Å². The fourth-order valence-corrected chi connectivity index (χ4v) is 5.17. The lowest BCUT2D eigenvalue weighted by Gasteiger charge is -2.20. The average Bonchev–Trinajstić information content (AvgIpc) is 2.84. The quantitative estimate of drug-likeness (QED) is 0.317. The number of benzene rings is 3. The number of hydrogen-bond acceptors (Lipinski definition) is 7. The summed E-state index contributed by atoms with van der Waals surface area (Å²) in [4.78, 5) is 14.4. The molecule has 1 unspecified atom stereocenters. The first kappa shape index (κ1) is 21.7. The third kappa shape index (κ3) is 4.80. The molecule has 1 aliphatic rings. The molecule has 1 aliphatic heterocycles. The van der Waals surface area contributed by atoms with Crippen molar-refractivity contribution in [2.24, 2.45) is 5.73 Å². The molecule has 0 bridgehead atoms. The SMILES string of the molecule is CC(N)C(=O)Sc1nnc(-c2ccc3c(c2)Sc2ccccc2O3)cc1Cc1ccccc1. The Bertz CT molecular complexity index is 1330. The molecule has 0 radical (unpaired) electrons. The summed E-state index contributed by atoms with van der Waals surface area (Å²) < 4.78 is 6.05. The Kier molecular flexibility index (Phi) is 6.17. The van der Waals surface area contributed by atoms with Crippen LogP contribution in [0.5, 0.6) is 11.5 Å². The van der Waals surface area contributed by atoms with E-state index in [1.165, 1.54) is 0 Å². The Balaban J connectivity index is 1.50. The van der Waals surface area contributed by atoms with E-state index in [4.69, 9.17) is 10.5 Å². The van der Waals surface area contributed by atoms with Crippen LogP contribution in [0.15, 0.2) is 93.7 Å². The van der Waals surface area contributed by atoms with Gasteiger partial charge in [-0.1, -0.05) is 54.2 Å². The second-order valence-corrected chi connectivity index (χ2v) is 9.82. The zero-order valence-electron chi connectivity index (χ0n) is 17.9. The maximum Gasteiger partial charge on any atom is 0.211 e. The summed E-state index contributed by atoms with van der Waals surface area (Å²) in [5.74, 6) is 1.70. The zero-order chi connectivity index (χ0) is 22.8. The van der Waals surface area contributed by atoms with Crippen LogP contribution in [0, 0.1) is 0 Å². The maximum atomic E-state index is 12.3. The Morgan fingerprint density at radius 3 is 2.55 bits per heavy atom. The van der Waals surface area contributed by atoms with Crippen LogP contribution >= 0.6 is 23.5 Å². The van der Waals surface area contributed by atoms with E-state index in [1.807, 2.05) is 54.6 Å². The number of fused-ring (bicyclic) bond motifs is 2. The van der Waals surface area contributed by atoms with Gasteiger partial charge in [-0.25, -0.2) is 0 Å². The predicted molar refractivity (Wildman–Crippen MR) is 132 cm³/mol. The van der Waals surface area contributed by atoms with Crippen molar-refractivity contribution in [3.63, 3.8) is 0 Å². The number of rotatable bonds is 5. The van der Waals surface area contributed by atoms with E-state index in [2.05, 4.69) is 34.5 Å². The molecular weight excluding hydrogens is 450 g/mol. The molecule has 1 aromatic heterocycles. The molecule has 0 aliphatic carbocycles. The molecule has 2 N–H and O–H groups in total. The van der Waals surface area contributed by atoms with Gasteiger partial charge in [-0.3, -0.25) is 4.79 Å². The molecule has 7 heteroatoms. The third-order valence-corrected chi connectivity index (χ3v) is 7.38. The second kappa shape index (κ2) is 9.39. The van der Waals surface area contributed by atoms with Crippen molar-refractivity contribution in [3.8, 4) is 22.8 Å². The van der Waals surface area contributed by atoms with Crippen LogP contribution in [0.2, 0.25) is 0 Å². The van der Waals surface area contributed by atoms with Crippen molar-refractivity contribution in [1.82, 2.24) is 10.2 Å². The number of carbonyl (C=O) groups excluding carboxylic acids is 1. The van der Waals surface area contributed by atoms with Gasteiger partial charge in [0.05, 0.1) is 21.5 Å². The second-order valence-electron chi connectivity index (χ2n) is 7.74. The number of ether oxygens (including phenoxy) is 1. The highest BCUT2D eigenvalue weighted by molar-refractivity contribution is 8.13. The number of thioether (sulfide) groups is 1. The number of carbonyl (C=O) groups is 1. The molecule has 0 saturated heterocycles. The van der Waals surface area contributed by atoms with Gasteiger partial charge in [-0.15, -0.1) is 10.2 Å². The van der Waals surface area contributed by atoms with Crippen LogP contribution < -0.4 is 10.5 Å². The number of para-hydroxylation sites is 1. The standard InChI is InChI=1S/C26H21N3O2S2/c1-16(27)26(30)33-25-19(13-17-7-3-2-4-8-17)14-20(28-29-25)18-11-12-22-24(15-18)32-23-10-6-5-9-21(23)31-22/h2-12,14-16H,13,27H2,1H3. The minimum atomic E-state index is -0.568. The smallest absolute Gasteiger partial charge is 0.211 e. The largest absolute Gasteiger partial charge is 0.455 e. The van der Waals surface area contributed by atoms with Gasteiger partial charge in [-0.2, -0.15) is 0 Å². The van der Waals surface area contributed by atoms with Crippen molar-refractivity contribution >= 4 is 28.6 Å². The van der Waals surface area contributed by atoms with Crippen molar-refractivity contribution in [3.05, 3.63) is 90.0 Å². The Hall–Kier alpha value is -3.13. The molecule has 0 fully saturated rings. The Morgan fingerprint density at radius 2 is 1.73 bits per heavy atom. The minimum absolute atomic E-state index is 0.132. The Labute approximate surface area is 200 Å². The normalized spacial score (nSPS) is 12.9. The first-order valence-corrected chi connectivity index (χ1v) is 12.2. The lowest BCUT2D eigenvalue weighted by molar-refractivity contribution is -0.111. The molecular formula is C26H21N3O2S2. The third-order valence-electron chi connectivity index (χ3n) is 5.17. The first-order valence-electron chi connectivity index (χ1n) is 10.5. The fraction of sp³-hybridized carbons (Fsp3) is 0.115. The first-order chi connectivity index (χ1) is 16.1. The van der Waals surface area contributed by atoms with Crippen molar-refractivity contribution < 1.29 is 9.53 Å². The van der Waals surface area contributed by atoms with Crippen LogP contribution in [0.4, 0.5) is 0 Å². The maximum absolute atomic E-state index is 12.3. The molecule has 2 heterocycles. The molecule has 0 spiro atoms. The summed E-state index contributed by atoms with van der Waals surface area (Å²) >= 11 is 2.73. The van der Waals surface area contributed by atoms with Gasteiger partial charge >= 0.3 is 0 Å². The van der Waals surface area contributed by atoms with Crippen molar-refractivity contribution in [1.29, 1.82) is 0 Å². The van der Waals surface area contributed by atoms with Crippen molar-refractivity contribution in [2.75, 3.05) is 0 Å². The highest BCUT2D eigenvalue weighted by atomic mass is 32.2. The molecule has 33 heavy (non-hydrogen) atoms. The van der Waals surface area contributed by atoms with E-state index >= 15 is 0 Å². The van der Waals surface area contributed by atoms with Gasteiger partial charge in [0.2, 0.25) is 5.12 Å². The van der Waals surface area contributed by atoms with E-state index in [0.29, 0.717) is 11.4 Å². The zero-order valence-corrected chi connectivity index (χ0v) is 19.5. The van der Waals surface area contributed by atoms with Crippen LogP contribution in [0.1, 0.15) is 18.1 Å². The number of hydrogen-bond donors (Lipinski definition) is 1. The van der Waals surface area contributed by atoms with Gasteiger partial charge in [0, 0.05) is 12.0 Å². The molecule has 4 aromatic rings. The highest BCUT2D eigenvalue weighted by Gasteiger charge is 2.20. The van der Waals surface area contributed by atoms with Crippen LogP contribution in [-0.4, -0.2) is 21.4 Å². The summed E-state index contributed by atoms with van der Waals surface area (Å²) in [6.45, 7) is 1.68. The lowest BCUT2D eigenvalue weighted by atomic mass is 10.0. The molecule has 0 saturated carbocycles. The van der Waals surface area contributed by atoms with E-state index in [-0.39, 0.29) is 5.12 Å². The molecule has 0 amide bonds. The summed E-state index contributed by atoms with van der Waals surface area (Å²) in [7, 11) is 0. The van der Waals surface area contributed by atoms with Gasteiger partial charge < -0.3 is 10.5 Å². The van der Waals surface area contributed by atoms with Gasteiger partial charge in [0.1, 0.15) is 16.5 Å². The topological polar surface area (TPSA) is 78.1 Å².